The number of hydrogen-bond acceptors (Lipinski definition) is 4. The first kappa shape index (κ1) is 17.2. The molecule has 0 aromatic heterocycles. The lowest BCUT2D eigenvalue weighted by Gasteiger charge is -2.18. The Kier molecular flexibility index (Phi) is 5.68. The molecule has 0 atom stereocenters. The normalized spacial score (nSPS) is 12.2. The van der Waals surface area contributed by atoms with Crippen LogP contribution in [-0.2, 0) is 17.1 Å². The summed E-state index contributed by atoms with van der Waals surface area (Å²) in [5.41, 5.74) is 2.24. The number of carbonyl (C=O) groups is 1. The van der Waals surface area contributed by atoms with Gasteiger partial charge in [-0.15, -0.1) is 11.8 Å². The van der Waals surface area contributed by atoms with Gasteiger partial charge in [-0.05, 0) is 29.3 Å². The van der Waals surface area contributed by atoms with Crippen molar-refractivity contribution in [2.24, 2.45) is 0 Å². The van der Waals surface area contributed by atoms with Crippen LogP contribution < -0.4 is 9.47 Å². The molecule has 2 aromatic rings. The van der Waals surface area contributed by atoms with Gasteiger partial charge in [-0.1, -0.05) is 40.2 Å². The highest BCUT2D eigenvalue weighted by Gasteiger charge is 2.14. The summed E-state index contributed by atoms with van der Waals surface area (Å²) in [5, 5.41) is 0. The van der Waals surface area contributed by atoms with Crippen molar-refractivity contribution in [3.8, 4) is 11.5 Å². The number of benzene rings is 2. The first-order valence-electron chi connectivity index (χ1n) is 7.57. The van der Waals surface area contributed by atoms with Gasteiger partial charge in [0.15, 0.2) is 11.5 Å². The second-order valence-corrected chi connectivity index (χ2v) is 7.36. The van der Waals surface area contributed by atoms with Crippen LogP contribution in [0.3, 0.4) is 0 Å². The standard InChI is InChI=1S/C18H18BrNO3S/c1-20(9-14-4-2-3-5-15(14)19)18(21)11-24-10-13-6-7-16-17(8-13)23-12-22-16/h2-8H,9-12H2,1H3. The van der Waals surface area contributed by atoms with E-state index in [0.717, 1.165) is 32.9 Å². The third-order valence-electron chi connectivity index (χ3n) is 3.72. The summed E-state index contributed by atoms with van der Waals surface area (Å²) < 4.78 is 11.7. The minimum Gasteiger partial charge on any atom is -0.454 e. The van der Waals surface area contributed by atoms with E-state index in [0.29, 0.717) is 12.3 Å². The molecule has 1 amide bonds. The van der Waals surface area contributed by atoms with E-state index in [2.05, 4.69) is 15.9 Å². The highest BCUT2D eigenvalue weighted by Crippen LogP contribution is 2.33. The summed E-state index contributed by atoms with van der Waals surface area (Å²) in [4.78, 5) is 14.0. The van der Waals surface area contributed by atoms with Crippen molar-refractivity contribution >= 4 is 33.6 Å². The molecule has 2 aromatic carbocycles. The molecule has 0 bridgehead atoms. The molecule has 0 aliphatic carbocycles. The Hall–Kier alpha value is -1.66. The third kappa shape index (κ3) is 4.24. The van der Waals surface area contributed by atoms with Crippen molar-refractivity contribution in [2.75, 3.05) is 19.6 Å². The van der Waals surface area contributed by atoms with Gasteiger partial charge in [0.25, 0.3) is 0 Å². The highest BCUT2D eigenvalue weighted by atomic mass is 79.9. The Morgan fingerprint density at radius 3 is 2.83 bits per heavy atom. The molecule has 3 rings (SSSR count). The van der Waals surface area contributed by atoms with Crippen LogP contribution in [0.15, 0.2) is 46.9 Å². The van der Waals surface area contributed by atoms with E-state index < -0.39 is 0 Å². The third-order valence-corrected chi connectivity index (χ3v) is 5.48. The fraction of sp³-hybridized carbons (Fsp3) is 0.278. The van der Waals surface area contributed by atoms with E-state index in [1.54, 1.807) is 16.7 Å². The predicted octanol–water partition coefficient (Wildman–Crippen LogP) is 4.07. The van der Waals surface area contributed by atoms with Gasteiger partial charge in [0.2, 0.25) is 12.7 Å². The molecule has 0 fully saturated rings. The quantitative estimate of drug-likeness (QED) is 0.723. The van der Waals surface area contributed by atoms with Gasteiger partial charge in [-0.2, -0.15) is 0 Å². The Morgan fingerprint density at radius 2 is 2.00 bits per heavy atom. The maximum atomic E-state index is 12.3. The van der Waals surface area contributed by atoms with Gasteiger partial charge in [0.1, 0.15) is 0 Å². The molecule has 24 heavy (non-hydrogen) atoms. The summed E-state index contributed by atoms with van der Waals surface area (Å²) in [7, 11) is 1.84. The fourth-order valence-electron chi connectivity index (χ4n) is 2.37. The van der Waals surface area contributed by atoms with E-state index in [9.17, 15) is 4.79 Å². The zero-order valence-electron chi connectivity index (χ0n) is 13.3. The van der Waals surface area contributed by atoms with Crippen LogP contribution in [0.5, 0.6) is 11.5 Å². The number of nitrogens with zero attached hydrogens (tertiary/aromatic N) is 1. The second kappa shape index (κ2) is 7.94. The average Bonchev–Trinajstić information content (AvgIpc) is 3.04. The molecular weight excluding hydrogens is 390 g/mol. The van der Waals surface area contributed by atoms with Gasteiger partial charge in [-0.3, -0.25) is 4.79 Å². The summed E-state index contributed by atoms with van der Waals surface area (Å²) in [5.74, 6) is 2.91. The van der Waals surface area contributed by atoms with Crippen LogP contribution in [0, 0.1) is 0 Å². The molecule has 0 unspecified atom stereocenters. The van der Waals surface area contributed by atoms with E-state index in [4.69, 9.17) is 9.47 Å². The van der Waals surface area contributed by atoms with Crippen LogP contribution in [0.2, 0.25) is 0 Å². The summed E-state index contributed by atoms with van der Waals surface area (Å²) in [6.45, 7) is 0.884. The lowest BCUT2D eigenvalue weighted by atomic mass is 10.2. The number of carbonyl (C=O) groups excluding carboxylic acids is 1. The van der Waals surface area contributed by atoms with Crippen LogP contribution in [0.25, 0.3) is 0 Å². The van der Waals surface area contributed by atoms with Gasteiger partial charge < -0.3 is 14.4 Å². The van der Waals surface area contributed by atoms with Crippen molar-refractivity contribution < 1.29 is 14.3 Å². The Bertz CT molecular complexity index is 738. The van der Waals surface area contributed by atoms with Gasteiger partial charge in [0.05, 0.1) is 5.75 Å². The number of amides is 1. The number of hydrogen-bond donors (Lipinski definition) is 0. The summed E-state index contributed by atoms with van der Waals surface area (Å²) >= 11 is 5.12. The molecule has 6 heteroatoms. The number of fused-ring (bicyclic) bond motifs is 1. The highest BCUT2D eigenvalue weighted by molar-refractivity contribution is 9.10. The Balaban J connectivity index is 1.47. The molecule has 0 N–H and O–H groups in total. The lowest BCUT2D eigenvalue weighted by molar-refractivity contribution is -0.127. The van der Waals surface area contributed by atoms with E-state index >= 15 is 0 Å². The van der Waals surface area contributed by atoms with Crippen molar-refractivity contribution in [3.05, 3.63) is 58.1 Å². The fourth-order valence-corrected chi connectivity index (χ4v) is 3.69. The first-order chi connectivity index (χ1) is 11.6. The number of ether oxygens (including phenoxy) is 2. The largest absolute Gasteiger partial charge is 0.454 e. The maximum absolute atomic E-state index is 12.3. The zero-order valence-corrected chi connectivity index (χ0v) is 15.7. The molecule has 0 saturated carbocycles. The predicted molar refractivity (Wildman–Crippen MR) is 99.3 cm³/mol. The minimum absolute atomic E-state index is 0.122. The molecule has 1 aliphatic heterocycles. The smallest absolute Gasteiger partial charge is 0.232 e. The van der Waals surface area contributed by atoms with Crippen molar-refractivity contribution in [3.63, 3.8) is 0 Å². The van der Waals surface area contributed by atoms with Gasteiger partial charge >= 0.3 is 0 Å². The lowest BCUT2D eigenvalue weighted by Crippen LogP contribution is -2.28. The number of thioether (sulfide) groups is 1. The van der Waals surface area contributed by atoms with Crippen LogP contribution in [-0.4, -0.2) is 30.4 Å². The summed E-state index contributed by atoms with van der Waals surface area (Å²) in [6, 6.07) is 13.9. The van der Waals surface area contributed by atoms with E-state index in [-0.39, 0.29) is 12.7 Å². The second-order valence-electron chi connectivity index (χ2n) is 5.52. The zero-order chi connectivity index (χ0) is 16.9. The molecule has 0 spiro atoms. The van der Waals surface area contributed by atoms with Crippen LogP contribution >= 0.6 is 27.7 Å². The summed E-state index contributed by atoms with van der Waals surface area (Å²) in [6.07, 6.45) is 0. The van der Waals surface area contributed by atoms with Crippen molar-refractivity contribution in [1.29, 1.82) is 0 Å². The molecule has 1 heterocycles. The molecule has 0 saturated heterocycles. The van der Waals surface area contributed by atoms with E-state index in [1.165, 1.54) is 0 Å². The molecule has 1 aliphatic rings. The molecular formula is C18H18BrNO3S. The molecule has 0 radical (unpaired) electrons. The minimum atomic E-state index is 0.122. The Labute approximate surface area is 154 Å². The SMILES string of the molecule is CN(Cc1ccccc1Br)C(=O)CSCc1ccc2c(c1)OCO2. The first-order valence-corrected chi connectivity index (χ1v) is 9.52. The number of halogens is 1. The molecule has 4 nitrogen and oxygen atoms in total. The van der Waals surface area contributed by atoms with E-state index in [1.807, 2.05) is 49.5 Å². The van der Waals surface area contributed by atoms with Gasteiger partial charge in [0, 0.05) is 23.8 Å². The monoisotopic (exact) mass is 407 g/mol. The Morgan fingerprint density at radius 1 is 1.21 bits per heavy atom. The van der Waals surface area contributed by atoms with Gasteiger partial charge in [-0.25, -0.2) is 0 Å². The van der Waals surface area contributed by atoms with Crippen molar-refractivity contribution in [2.45, 2.75) is 12.3 Å². The molecule has 126 valence electrons. The topological polar surface area (TPSA) is 38.8 Å². The van der Waals surface area contributed by atoms with Crippen LogP contribution in [0.4, 0.5) is 0 Å². The maximum Gasteiger partial charge on any atom is 0.232 e. The van der Waals surface area contributed by atoms with Crippen LogP contribution in [0.1, 0.15) is 11.1 Å². The average molecular weight is 408 g/mol. The number of rotatable bonds is 6. The van der Waals surface area contributed by atoms with Crippen molar-refractivity contribution in [1.82, 2.24) is 4.90 Å².